The number of halogens is 1. The standard InChI is InChI=1S/C24H26ClN5O2S/c25-18-11-7-10-17(15-18)22-29-30-24(33-22)28-21(31)20(14-16-8-3-1-4-9-16)27-23(32)26-19-12-5-2-6-13-19/h1,3-4,7-11,15,19-20H,2,5-6,12-14H2,(H2,26,27,32)(H,28,30,31)/t20-/m0/s1. The maximum atomic E-state index is 13.1. The average Bonchev–Trinajstić information content (AvgIpc) is 3.28. The molecule has 1 heterocycles. The summed E-state index contributed by atoms with van der Waals surface area (Å²) in [4.78, 5) is 25.8. The molecule has 0 radical (unpaired) electrons. The maximum absolute atomic E-state index is 13.1. The molecule has 172 valence electrons. The van der Waals surface area contributed by atoms with Gasteiger partial charge in [0.15, 0.2) is 0 Å². The minimum Gasteiger partial charge on any atom is -0.335 e. The molecule has 1 aliphatic rings. The van der Waals surface area contributed by atoms with E-state index in [9.17, 15) is 9.59 Å². The summed E-state index contributed by atoms with van der Waals surface area (Å²) in [6.07, 6.45) is 5.75. The number of hydrogen-bond acceptors (Lipinski definition) is 5. The lowest BCUT2D eigenvalue weighted by atomic mass is 9.96. The number of nitrogens with zero attached hydrogens (tertiary/aromatic N) is 2. The van der Waals surface area contributed by atoms with Gasteiger partial charge >= 0.3 is 6.03 Å². The second-order valence-corrected chi connectivity index (χ2v) is 9.52. The van der Waals surface area contributed by atoms with Crippen molar-refractivity contribution in [3.05, 3.63) is 65.2 Å². The van der Waals surface area contributed by atoms with Gasteiger partial charge in [0.05, 0.1) is 0 Å². The van der Waals surface area contributed by atoms with Gasteiger partial charge in [-0.05, 0) is 30.5 Å². The lowest BCUT2D eigenvalue weighted by Crippen LogP contribution is -2.51. The van der Waals surface area contributed by atoms with Crippen molar-refractivity contribution < 1.29 is 9.59 Å². The van der Waals surface area contributed by atoms with E-state index in [0.29, 0.717) is 21.6 Å². The average molecular weight is 484 g/mol. The molecule has 0 aliphatic heterocycles. The van der Waals surface area contributed by atoms with Crippen molar-refractivity contribution >= 4 is 40.0 Å². The number of nitrogens with one attached hydrogen (secondary N) is 3. The minimum atomic E-state index is -0.755. The number of aromatic nitrogens is 2. The molecule has 33 heavy (non-hydrogen) atoms. The van der Waals surface area contributed by atoms with E-state index in [1.807, 2.05) is 42.5 Å². The summed E-state index contributed by atoms with van der Waals surface area (Å²) in [5.41, 5.74) is 1.78. The Balaban J connectivity index is 1.44. The molecule has 3 N–H and O–H groups in total. The van der Waals surface area contributed by atoms with E-state index in [0.717, 1.165) is 36.8 Å². The Morgan fingerprint density at radius 2 is 1.82 bits per heavy atom. The first kappa shape index (κ1) is 23.2. The van der Waals surface area contributed by atoms with Gasteiger partial charge in [-0.15, -0.1) is 10.2 Å². The third kappa shape index (κ3) is 6.76. The summed E-state index contributed by atoms with van der Waals surface area (Å²) in [5.74, 6) is -0.341. The Bertz CT molecular complexity index is 1090. The largest absolute Gasteiger partial charge is 0.335 e. The van der Waals surface area contributed by atoms with Crippen molar-refractivity contribution in [1.29, 1.82) is 0 Å². The fourth-order valence-electron chi connectivity index (χ4n) is 3.90. The zero-order valence-corrected chi connectivity index (χ0v) is 19.7. The normalized spacial score (nSPS) is 14.9. The van der Waals surface area contributed by atoms with Gasteiger partial charge in [-0.25, -0.2) is 4.79 Å². The van der Waals surface area contributed by atoms with Gasteiger partial charge < -0.3 is 10.6 Å². The second kappa shape index (κ2) is 11.2. The van der Waals surface area contributed by atoms with Gasteiger partial charge in [-0.1, -0.05) is 84.7 Å². The molecule has 0 spiro atoms. The SMILES string of the molecule is O=C(NC1CCCCC1)N[C@@H](Cc1ccccc1)C(=O)Nc1nnc(-c2cccc(Cl)c2)s1. The number of carbonyl (C=O) groups excluding carboxylic acids is 2. The van der Waals surface area contributed by atoms with Crippen LogP contribution in [0, 0.1) is 0 Å². The van der Waals surface area contributed by atoms with E-state index in [2.05, 4.69) is 26.1 Å². The molecule has 3 amide bonds. The number of amides is 3. The predicted octanol–water partition coefficient (Wildman–Crippen LogP) is 5.04. The summed E-state index contributed by atoms with van der Waals surface area (Å²) in [6.45, 7) is 0. The van der Waals surface area contributed by atoms with Crippen molar-refractivity contribution in [2.24, 2.45) is 0 Å². The van der Waals surface area contributed by atoms with E-state index in [-0.39, 0.29) is 18.0 Å². The first-order chi connectivity index (χ1) is 16.1. The lowest BCUT2D eigenvalue weighted by Gasteiger charge is -2.25. The van der Waals surface area contributed by atoms with Crippen LogP contribution in [0.1, 0.15) is 37.7 Å². The summed E-state index contributed by atoms with van der Waals surface area (Å²) >= 11 is 7.32. The molecule has 1 aliphatic carbocycles. The third-order valence-corrected chi connectivity index (χ3v) is 6.69. The fraction of sp³-hybridized carbons (Fsp3) is 0.333. The number of benzene rings is 2. The van der Waals surface area contributed by atoms with Crippen molar-refractivity contribution in [3.63, 3.8) is 0 Å². The molecule has 1 saturated carbocycles. The van der Waals surface area contributed by atoms with Crippen LogP contribution in [0.2, 0.25) is 5.02 Å². The predicted molar refractivity (Wildman–Crippen MR) is 131 cm³/mol. The number of hydrogen-bond donors (Lipinski definition) is 3. The molecule has 0 bridgehead atoms. The van der Waals surface area contributed by atoms with Gasteiger partial charge in [0.25, 0.3) is 0 Å². The molecule has 9 heteroatoms. The molecule has 1 aromatic heterocycles. The summed E-state index contributed by atoms with van der Waals surface area (Å²) in [7, 11) is 0. The molecule has 3 aromatic rings. The van der Waals surface area contributed by atoms with Crippen LogP contribution in [-0.2, 0) is 11.2 Å². The molecule has 0 saturated heterocycles. The van der Waals surface area contributed by atoms with Crippen molar-refractivity contribution in [1.82, 2.24) is 20.8 Å². The fourth-order valence-corrected chi connectivity index (χ4v) is 4.83. The Kier molecular flexibility index (Phi) is 7.91. The molecule has 1 atom stereocenters. The Labute approximate surface area is 202 Å². The highest BCUT2D eigenvalue weighted by Gasteiger charge is 2.24. The highest BCUT2D eigenvalue weighted by atomic mass is 35.5. The van der Waals surface area contributed by atoms with E-state index in [4.69, 9.17) is 11.6 Å². The molecular weight excluding hydrogens is 458 g/mol. The van der Waals surface area contributed by atoms with Crippen molar-refractivity contribution in [2.75, 3.05) is 5.32 Å². The molecule has 7 nitrogen and oxygen atoms in total. The van der Waals surface area contributed by atoms with Crippen LogP contribution in [0.25, 0.3) is 10.6 Å². The number of urea groups is 1. The summed E-state index contributed by atoms with van der Waals surface area (Å²) in [5, 5.41) is 18.5. The second-order valence-electron chi connectivity index (χ2n) is 8.11. The Morgan fingerprint density at radius 1 is 1.03 bits per heavy atom. The molecule has 1 fully saturated rings. The lowest BCUT2D eigenvalue weighted by molar-refractivity contribution is -0.117. The van der Waals surface area contributed by atoms with E-state index in [1.165, 1.54) is 17.8 Å². The van der Waals surface area contributed by atoms with E-state index < -0.39 is 6.04 Å². The number of carbonyl (C=O) groups is 2. The van der Waals surface area contributed by atoms with Crippen LogP contribution < -0.4 is 16.0 Å². The van der Waals surface area contributed by atoms with Gasteiger partial charge in [-0.3, -0.25) is 10.1 Å². The van der Waals surface area contributed by atoms with Gasteiger partial charge in [-0.2, -0.15) is 0 Å². The van der Waals surface area contributed by atoms with E-state index >= 15 is 0 Å². The van der Waals surface area contributed by atoms with Crippen LogP contribution in [0.4, 0.5) is 9.93 Å². The highest BCUT2D eigenvalue weighted by Crippen LogP contribution is 2.28. The number of anilines is 1. The van der Waals surface area contributed by atoms with Crippen molar-refractivity contribution in [2.45, 2.75) is 50.6 Å². The molecule has 4 rings (SSSR count). The Morgan fingerprint density at radius 3 is 2.58 bits per heavy atom. The first-order valence-electron chi connectivity index (χ1n) is 11.1. The third-order valence-electron chi connectivity index (χ3n) is 5.57. The quantitative estimate of drug-likeness (QED) is 0.438. The molecular formula is C24H26ClN5O2S. The van der Waals surface area contributed by atoms with Crippen LogP contribution >= 0.6 is 22.9 Å². The van der Waals surface area contributed by atoms with Crippen LogP contribution in [0.15, 0.2) is 54.6 Å². The first-order valence-corrected chi connectivity index (χ1v) is 12.3. The molecule has 2 aromatic carbocycles. The Hall–Kier alpha value is -2.97. The van der Waals surface area contributed by atoms with Gasteiger partial charge in [0.1, 0.15) is 11.0 Å². The van der Waals surface area contributed by atoms with Crippen molar-refractivity contribution in [3.8, 4) is 10.6 Å². The summed E-state index contributed by atoms with van der Waals surface area (Å²) < 4.78 is 0. The monoisotopic (exact) mass is 483 g/mol. The number of rotatable bonds is 7. The highest BCUT2D eigenvalue weighted by molar-refractivity contribution is 7.18. The van der Waals surface area contributed by atoms with Crippen LogP contribution in [-0.4, -0.2) is 34.2 Å². The summed E-state index contributed by atoms with van der Waals surface area (Å²) in [6, 6.07) is 16.0. The maximum Gasteiger partial charge on any atom is 0.315 e. The van der Waals surface area contributed by atoms with Crippen LogP contribution in [0.3, 0.4) is 0 Å². The van der Waals surface area contributed by atoms with Crippen LogP contribution in [0.5, 0.6) is 0 Å². The molecule has 0 unspecified atom stereocenters. The van der Waals surface area contributed by atoms with Gasteiger partial charge in [0.2, 0.25) is 11.0 Å². The topological polar surface area (TPSA) is 96.0 Å². The zero-order valence-electron chi connectivity index (χ0n) is 18.1. The smallest absolute Gasteiger partial charge is 0.315 e. The van der Waals surface area contributed by atoms with Gasteiger partial charge in [0, 0.05) is 23.0 Å². The van der Waals surface area contributed by atoms with E-state index in [1.54, 1.807) is 12.1 Å². The zero-order chi connectivity index (χ0) is 23.0. The minimum absolute atomic E-state index is 0.155.